The average Bonchev–Trinajstić information content (AvgIpc) is 2.61. The molecule has 1 saturated heterocycles. The summed E-state index contributed by atoms with van der Waals surface area (Å²) >= 11 is 0. The van der Waals surface area contributed by atoms with Crippen molar-refractivity contribution in [1.29, 1.82) is 0 Å². The first-order chi connectivity index (χ1) is 11.7. The van der Waals surface area contributed by atoms with Gasteiger partial charge in [-0.15, -0.1) is 12.4 Å². The zero-order valence-corrected chi connectivity index (χ0v) is 17.4. The van der Waals surface area contributed by atoms with Crippen LogP contribution in [0.25, 0.3) is 0 Å². The van der Waals surface area contributed by atoms with Gasteiger partial charge in [-0.1, -0.05) is 26.3 Å². The first-order valence-corrected chi connectivity index (χ1v) is 10.2. The number of halogens is 1. The van der Waals surface area contributed by atoms with Gasteiger partial charge in [0.2, 0.25) is 10.0 Å². The van der Waals surface area contributed by atoms with Crippen molar-refractivity contribution in [2.45, 2.75) is 38.0 Å². The number of nitrogens with two attached hydrogens (primary N) is 1. The normalized spacial score (nSPS) is 16.0. The van der Waals surface area contributed by atoms with E-state index in [1.54, 1.807) is 30.1 Å². The number of benzene rings is 1. The Kier molecular flexibility index (Phi) is 8.07. The molecule has 1 aliphatic heterocycles. The Hall–Kier alpha value is -1.15. The van der Waals surface area contributed by atoms with Gasteiger partial charge in [-0.05, 0) is 43.0 Å². The van der Waals surface area contributed by atoms with Gasteiger partial charge in [-0.3, -0.25) is 4.79 Å². The van der Waals surface area contributed by atoms with E-state index in [1.165, 1.54) is 10.4 Å². The molecule has 0 aliphatic carbocycles. The standard InChI is InChI=1S/C18H29N3O3S.ClH/c1-18(2,13-19)14-20(3)17(22)15-8-7-9-16(12-15)25(23,24)21-10-5-4-6-11-21;/h7-9,12H,4-6,10-11,13-14,19H2,1-3H3;1H. The molecular weight excluding hydrogens is 374 g/mol. The maximum Gasteiger partial charge on any atom is 0.253 e. The molecule has 1 aromatic carbocycles. The Morgan fingerprint density at radius 1 is 1.23 bits per heavy atom. The lowest BCUT2D eigenvalue weighted by molar-refractivity contribution is 0.0740. The molecule has 0 aromatic heterocycles. The van der Waals surface area contributed by atoms with Crippen molar-refractivity contribution in [3.05, 3.63) is 29.8 Å². The molecular formula is C18H30ClN3O3S. The Balaban J connectivity index is 0.00000338. The number of hydrogen-bond donors (Lipinski definition) is 1. The van der Waals surface area contributed by atoms with E-state index in [2.05, 4.69) is 0 Å². The minimum Gasteiger partial charge on any atom is -0.341 e. The van der Waals surface area contributed by atoms with E-state index >= 15 is 0 Å². The largest absolute Gasteiger partial charge is 0.341 e. The number of sulfonamides is 1. The molecule has 0 saturated carbocycles. The number of hydrogen-bond acceptors (Lipinski definition) is 4. The molecule has 2 rings (SSSR count). The number of nitrogens with zero attached hydrogens (tertiary/aromatic N) is 2. The molecule has 1 amide bonds. The van der Waals surface area contributed by atoms with Crippen molar-refractivity contribution >= 4 is 28.3 Å². The summed E-state index contributed by atoms with van der Waals surface area (Å²) in [5.74, 6) is -0.197. The first-order valence-electron chi connectivity index (χ1n) is 8.73. The molecule has 6 nitrogen and oxygen atoms in total. The predicted octanol–water partition coefficient (Wildman–Crippen LogP) is 2.34. The maximum atomic E-state index is 12.8. The summed E-state index contributed by atoms with van der Waals surface area (Å²) in [6.07, 6.45) is 2.83. The topological polar surface area (TPSA) is 83.7 Å². The van der Waals surface area contributed by atoms with Crippen molar-refractivity contribution in [3.63, 3.8) is 0 Å². The van der Waals surface area contributed by atoms with E-state index < -0.39 is 10.0 Å². The molecule has 1 aromatic rings. The second-order valence-corrected chi connectivity index (χ2v) is 9.46. The van der Waals surface area contributed by atoms with Crippen LogP contribution >= 0.6 is 12.4 Å². The van der Waals surface area contributed by atoms with Crippen molar-refractivity contribution in [1.82, 2.24) is 9.21 Å². The summed E-state index contributed by atoms with van der Waals surface area (Å²) in [6, 6.07) is 6.33. The lowest BCUT2D eigenvalue weighted by Crippen LogP contribution is -2.40. The average molecular weight is 404 g/mol. The van der Waals surface area contributed by atoms with E-state index in [4.69, 9.17) is 5.73 Å². The van der Waals surface area contributed by atoms with Gasteiger partial charge in [0.1, 0.15) is 0 Å². The van der Waals surface area contributed by atoms with Crippen LogP contribution < -0.4 is 5.73 Å². The third-order valence-corrected chi connectivity index (χ3v) is 6.49. The van der Waals surface area contributed by atoms with Crippen molar-refractivity contribution in [2.24, 2.45) is 11.1 Å². The monoisotopic (exact) mass is 403 g/mol. The molecule has 148 valence electrons. The third kappa shape index (κ3) is 5.42. The van der Waals surface area contributed by atoms with Crippen LogP contribution in [0.4, 0.5) is 0 Å². The van der Waals surface area contributed by atoms with Gasteiger partial charge in [0.05, 0.1) is 4.90 Å². The summed E-state index contributed by atoms with van der Waals surface area (Å²) in [5, 5.41) is 0. The molecule has 1 heterocycles. The molecule has 1 aliphatic rings. The van der Waals surface area contributed by atoms with Gasteiger partial charge >= 0.3 is 0 Å². The van der Waals surface area contributed by atoms with Crippen LogP contribution in [-0.2, 0) is 10.0 Å². The molecule has 8 heteroatoms. The molecule has 0 atom stereocenters. The minimum absolute atomic E-state index is 0. The lowest BCUT2D eigenvalue weighted by Gasteiger charge is -2.29. The van der Waals surface area contributed by atoms with E-state index in [1.807, 2.05) is 13.8 Å². The molecule has 2 N–H and O–H groups in total. The van der Waals surface area contributed by atoms with Crippen LogP contribution in [0.2, 0.25) is 0 Å². The van der Waals surface area contributed by atoms with E-state index in [0.29, 0.717) is 31.7 Å². The Labute approximate surface area is 163 Å². The van der Waals surface area contributed by atoms with Crippen molar-refractivity contribution < 1.29 is 13.2 Å². The zero-order chi connectivity index (χ0) is 18.7. The first kappa shape index (κ1) is 22.9. The van der Waals surface area contributed by atoms with Crippen molar-refractivity contribution in [2.75, 3.05) is 33.2 Å². The van der Waals surface area contributed by atoms with Crippen LogP contribution in [0.3, 0.4) is 0 Å². The molecule has 1 fully saturated rings. The van der Waals surface area contributed by atoms with Crippen LogP contribution in [0.5, 0.6) is 0 Å². The Morgan fingerprint density at radius 3 is 2.42 bits per heavy atom. The highest BCUT2D eigenvalue weighted by Gasteiger charge is 2.27. The fourth-order valence-electron chi connectivity index (χ4n) is 3.04. The van der Waals surface area contributed by atoms with E-state index in [0.717, 1.165) is 19.3 Å². The summed E-state index contributed by atoms with van der Waals surface area (Å²) < 4.78 is 27.1. The Morgan fingerprint density at radius 2 is 1.85 bits per heavy atom. The van der Waals surface area contributed by atoms with E-state index in [-0.39, 0.29) is 28.6 Å². The second-order valence-electron chi connectivity index (χ2n) is 7.52. The fourth-order valence-corrected chi connectivity index (χ4v) is 4.61. The number of amides is 1. The summed E-state index contributed by atoms with van der Waals surface area (Å²) in [4.78, 5) is 14.5. The minimum atomic E-state index is -3.54. The SMILES string of the molecule is CN(CC(C)(C)CN)C(=O)c1cccc(S(=O)(=O)N2CCCCC2)c1.Cl. The molecule has 0 bridgehead atoms. The number of carbonyl (C=O) groups is 1. The smallest absolute Gasteiger partial charge is 0.253 e. The summed E-state index contributed by atoms with van der Waals surface area (Å²) in [7, 11) is -1.83. The maximum absolute atomic E-state index is 12.8. The third-order valence-electron chi connectivity index (χ3n) is 4.60. The molecule has 0 unspecified atom stereocenters. The quantitative estimate of drug-likeness (QED) is 0.790. The highest BCUT2D eigenvalue weighted by atomic mass is 35.5. The molecule has 0 spiro atoms. The number of rotatable bonds is 6. The van der Waals surface area contributed by atoms with Gasteiger partial charge in [0.25, 0.3) is 5.91 Å². The van der Waals surface area contributed by atoms with Gasteiger partial charge in [0, 0.05) is 32.2 Å². The van der Waals surface area contributed by atoms with Gasteiger partial charge in [-0.25, -0.2) is 8.42 Å². The van der Waals surface area contributed by atoms with Crippen molar-refractivity contribution in [3.8, 4) is 0 Å². The van der Waals surface area contributed by atoms with Crippen LogP contribution in [0.15, 0.2) is 29.2 Å². The highest BCUT2D eigenvalue weighted by molar-refractivity contribution is 7.89. The fraction of sp³-hybridized carbons (Fsp3) is 0.611. The highest BCUT2D eigenvalue weighted by Crippen LogP contribution is 2.22. The number of carbonyl (C=O) groups excluding carboxylic acids is 1. The Bertz CT molecular complexity index is 716. The molecule has 0 radical (unpaired) electrons. The van der Waals surface area contributed by atoms with Gasteiger partial charge in [0.15, 0.2) is 0 Å². The lowest BCUT2D eigenvalue weighted by atomic mass is 9.93. The summed E-state index contributed by atoms with van der Waals surface area (Å²) in [6.45, 7) is 6.05. The van der Waals surface area contributed by atoms with Gasteiger partial charge in [-0.2, -0.15) is 4.31 Å². The van der Waals surface area contributed by atoms with Crippen LogP contribution in [-0.4, -0.2) is 56.8 Å². The van der Waals surface area contributed by atoms with Crippen LogP contribution in [0.1, 0.15) is 43.5 Å². The van der Waals surface area contributed by atoms with Gasteiger partial charge < -0.3 is 10.6 Å². The number of piperidine rings is 1. The van der Waals surface area contributed by atoms with E-state index in [9.17, 15) is 13.2 Å². The predicted molar refractivity (Wildman–Crippen MR) is 106 cm³/mol. The second kappa shape index (κ2) is 9.17. The zero-order valence-electron chi connectivity index (χ0n) is 15.8. The summed E-state index contributed by atoms with van der Waals surface area (Å²) in [5.41, 5.74) is 5.92. The van der Waals surface area contributed by atoms with Crippen LogP contribution in [0, 0.1) is 5.41 Å². The molecule has 26 heavy (non-hydrogen) atoms.